The van der Waals surface area contributed by atoms with Crippen molar-refractivity contribution in [2.75, 3.05) is 20.6 Å². The van der Waals surface area contributed by atoms with Crippen molar-refractivity contribution in [2.24, 2.45) is 0 Å². The summed E-state index contributed by atoms with van der Waals surface area (Å²) in [6.45, 7) is -5.35. The summed E-state index contributed by atoms with van der Waals surface area (Å²) >= 11 is 0. The van der Waals surface area contributed by atoms with E-state index in [4.69, 9.17) is 0 Å². The fourth-order valence-corrected chi connectivity index (χ4v) is 1.69. The molecule has 0 aromatic heterocycles. The number of benzene rings is 1. The predicted molar refractivity (Wildman–Crippen MR) is 66.6 cm³/mol. The highest BCUT2D eigenvalue weighted by atomic mass is 19.3. The summed E-state index contributed by atoms with van der Waals surface area (Å²) in [6.07, 6.45) is 1.45. The molecule has 0 aliphatic carbocycles. The summed E-state index contributed by atoms with van der Waals surface area (Å²) in [5.41, 5.74) is 0.726. The van der Waals surface area contributed by atoms with Crippen LogP contribution in [-0.2, 0) is 6.42 Å². The van der Waals surface area contributed by atoms with Crippen molar-refractivity contribution in [1.82, 2.24) is 4.90 Å². The van der Waals surface area contributed by atoms with Gasteiger partial charge in [-0.2, -0.15) is 17.6 Å². The van der Waals surface area contributed by atoms with E-state index < -0.39 is 19.0 Å². The van der Waals surface area contributed by atoms with Gasteiger partial charge in [-0.05, 0) is 51.2 Å². The van der Waals surface area contributed by atoms with Crippen LogP contribution in [0.15, 0.2) is 18.2 Å². The van der Waals surface area contributed by atoms with Gasteiger partial charge in [-0.15, -0.1) is 0 Å². The molecule has 0 heterocycles. The minimum absolute atomic E-state index is 0.373. The van der Waals surface area contributed by atoms with Gasteiger partial charge in [0.05, 0.1) is 0 Å². The molecular formula is C13H17F4NO2. The van der Waals surface area contributed by atoms with Crippen molar-refractivity contribution in [1.29, 1.82) is 0 Å². The van der Waals surface area contributed by atoms with Crippen LogP contribution in [-0.4, -0.2) is 38.8 Å². The van der Waals surface area contributed by atoms with Gasteiger partial charge >= 0.3 is 13.2 Å². The zero-order chi connectivity index (χ0) is 15.1. The van der Waals surface area contributed by atoms with Crippen molar-refractivity contribution >= 4 is 0 Å². The normalized spacial score (nSPS) is 11.4. The molecular weight excluding hydrogens is 278 g/mol. The third-order valence-corrected chi connectivity index (χ3v) is 2.51. The van der Waals surface area contributed by atoms with Gasteiger partial charge < -0.3 is 14.4 Å². The molecule has 0 saturated heterocycles. The molecule has 0 aliphatic heterocycles. The Morgan fingerprint density at radius 3 is 2.15 bits per heavy atom. The van der Waals surface area contributed by atoms with Gasteiger partial charge in [-0.3, -0.25) is 0 Å². The lowest BCUT2D eigenvalue weighted by atomic mass is 10.1. The van der Waals surface area contributed by atoms with Crippen LogP contribution in [0.25, 0.3) is 0 Å². The van der Waals surface area contributed by atoms with Gasteiger partial charge in [0.2, 0.25) is 0 Å². The number of hydrogen-bond acceptors (Lipinski definition) is 3. The summed E-state index contributed by atoms with van der Waals surface area (Å²) in [5.74, 6) is -0.765. The Balaban J connectivity index is 2.78. The Kier molecular flexibility index (Phi) is 6.57. The molecule has 0 saturated carbocycles. The van der Waals surface area contributed by atoms with Crippen LogP contribution in [0, 0.1) is 0 Å². The summed E-state index contributed by atoms with van der Waals surface area (Å²) in [6, 6.07) is 4.08. The lowest BCUT2D eigenvalue weighted by molar-refractivity contribution is -0.0692. The first kappa shape index (κ1) is 16.6. The highest BCUT2D eigenvalue weighted by molar-refractivity contribution is 5.43. The molecule has 0 fully saturated rings. The van der Waals surface area contributed by atoms with E-state index in [0.29, 0.717) is 6.42 Å². The first-order valence-corrected chi connectivity index (χ1v) is 6.05. The zero-order valence-corrected chi connectivity index (χ0v) is 11.3. The second kappa shape index (κ2) is 7.94. The standard InChI is InChI=1S/C13H17F4NO2/c1-18(2)7-3-4-9-5-6-10(19-12(14)15)11(8-9)20-13(16)17/h5-6,8,12-13H,3-4,7H2,1-2H3. The van der Waals surface area contributed by atoms with E-state index in [1.54, 1.807) is 6.07 Å². The number of hydrogen-bond donors (Lipinski definition) is 0. The minimum Gasteiger partial charge on any atom is -0.431 e. The van der Waals surface area contributed by atoms with Gasteiger partial charge in [-0.1, -0.05) is 6.07 Å². The van der Waals surface area contributed by atoms with Crippen LogP contribution in [0.4, 0.5) is 17.6 Å². The van der Waals surface area contributed by atoms with Crippen LogP contribution in [0.2, 0.25) is 0 Å². The Hall–Kier alpha value is -1.50. The van der Waals surface area contributed by atoms with E-state index in [2.05, 4.69) is 9.47 Å². The molecule has 20 heavy (non-hydrogen) atoms. The maximum absolute atomic E-state index is 12.3. The van der Waals surface area contributed by atoms with Crippen LogP contribution >= 0.6 is 0 Å². The van der Waals surface area contributed by atoms with Gasteiger partial charge in [-0.25, -0.2) is 0 Å². The number of nitrogens with zero attached hydrogens (tertiary/aromatic N) is 1. The van der Waals surface area contributed by atoms with Gasteiger partial charge in [0.25, 0.3) is 0 Å². The lowest BCUT2D eigenvalue weighted by Gasteiger charge is -2.13. The number of halogens is 4. The van der Waals surface area contributed by atoms with Crippen molar-refractivity contribution in [2.45, 2.75) is 26.1 Å². The van der Waals surface area contributed by atoms with Crippen LogP contribution in [0.3, 0.4) is 0 Å². The number of alkyl halides is 4. The van der Waals surface area contributed by atoms with Crippen molar-refractivity contribution in [3.63, 3.8) is 0 Å². The molecule has 1 rings (SSSR count). The second-order valence-corrected chi connectivity index (χ2v) is 4.44. The Labute approximate surface area is 115 Å². The number of aryl methyl sites for hydroxylation is 1. The highest BCUT2D eigenvalue weighted by Crippen LogP contribution is 2.31. The van der Waals surface area contributed by atoms with Crippen molar-refractivity contribution < 1.29 is 27.0 Å². The minimum atomic E-state index is -3.09. The summed E-state index contributed by atoms with van der Waals surface area (Å²) in [4.78, 5) is 1.99. The number of ether oxygens (including phenoxy) is 2. The van der Waals surface area contributed by atoms with E-state index in [1.165, 1.54) is 12.1 Å². The monoisotopic (exact) mass is 295 g/mol. The summed E-state index contributed by atoms with van der Waals surface area (Å²) in [5, 5.41) is 0. The van der Waals surface area contributed by atoms with Crippen LogP contribution in [0.1, 0.15) is 12.0 Å². The average Bonchev–Trinajstić information content (AvgIpc) is 2.30. The lowest BCUT2D eigenvalue weighted by Crippen LogP contribution is -2.13. The molecule has 0 spiro atoms. The molecule has 0 unspecified atom stereocenters. The topological polar surface area (TPSA) is 21.7 Å². The molecule has 0 radical (unpaired) electrons. The van der Waals surface area contributed by atoms with Crippen molar-refractivity contribution in [3.05, 3.63) is 23.8 Å². The van der Waals surface area contributed by atoms with Crippen LogP contribution in [0.5, 0.6) is 11.5 Å². The smallest absolute Gasteiger partial charge is 0.387 e. The first-order chi connectivity index (χ1) is 9.38. The van der Waals surface area contributed by atoms with E-state index in [1.807, 2.05) is 19.0 Å². The molecule has 7 heteroatoms. The van der Waals surface area contributed by atoms with Crippen molar-refractivity contribution in [3.8, 4) is 11.5 Å². The third-order valence-electron chi connectivity index (χ3n) is 2.51. The third kappa shape index (κ3) is 6.10. The van der Waals surface area contributed by atoms with Gasteiger partial charge in [0.15, 0.2) is 11.5 Å². The largest absolute Gasteiger partial charge is 0.431 e. The van der Waals surface area contributed by atoms with E-state index >= 15 is 0 Å². The van der Waals surface area contributed by atoms with Gasteiger partial charge in [0.1, 0.15) is 0 Å². The molecule has 1 aromatic rings. The SMILES string of the molecule is CN(C)CCCc1ccc(OC(F)F)c(OC(F)F)c1. The molecule has 3 nitrogen and oxygen atoms in total. The zero-order valence-electron chi connectivity index (χ0n) is 11.3. The Morgan fingerprint density at radius 1 is 1.00 bits per heavy atom. The first-order valence-electron chi connectivity index (χ1n) is 6.05. The fourth-order valence-electron chi connectivity index (χ4n) is 1.69. The Bertz CT molecular complexity index is 413. The molecule has 0 aliphatic rings. The second-order valence-electron chi connectivity index (χ2n) is 4.44. The average molecular weight is 295 g/mol. The molecule has 0 amide bonds. The van der Waals surface area contributed by atoms with E-state index in [0.717, 1.165) is 18.5 Å². The summed E-state index contributed by atoms with van der Waals surface area (Å²) in [7, 11) is 3.84. The Morgan fingerprint density at radius 2 is 1.60 bits per heavy atom. The van der Waals surface area contributed by atoms with E-state index in [-0.39, 0.29) is 5.75 Å². The fraction of sp³-hybridized carbons (Fsp3) is 0.538. The maximum atomic E-state index is 12.3. The molecule has 0 N–H and O–H groups in total. The quantitative estimate of drug-likeness (QED) is 0.686. The molecule has 114 valence electrons. The van der Waals surface area contributed by atoms with Gasteiger partial charge in [0, 0.05) is 0 Å². The molecule has 1 aromatic carbocycles. The molecule has 0 atom stereocenters. The number of rotatable bonds is 8. The van der Waals surface area contributed by atoms with E-state index in [9.17, 15) is 17.6 Å². The highest BCUT2D eigenvalue weighted by Gasteiger charge is 2.15. The predicted octanol–water partition coefficient (Wildman–Crippen LogP) is 3.38. The maximum Gasteiger partial charge on any atom is 0.387 e. The summed E-state index contributed by atoms with van der Waals surface area (Å²) < 4.78 is 57.2. The molecule has 0 bridgehead atoms. The van der Waals surface area contributed by atoms with Crippen LogP contribution < -0.4 is 9.47 Å².